The van der Waals surface area contributed by atoms with Crippen molar-refractivity contribution in [2.75, 3.05) is 26.7 Å². The summed E-state index contributed by atoms with van der Waals surface area (Å²) in [4.78, 5) is 4.13. The lowest BCUT2D eigenvalue weighted by molar-refractivity contribution is -0.0494. The average molecular weight is 564 g/mol. The summed E-state index contributed by atoms with van der Waals surface area (Å²) in [5, 5.41) is 6.29. The number of sulfonamides is 1. The summed E-state index contributed by atoms with van der Waals surface area (Å²) in [7, 11) is -3.67. The number of hydrogen-bond acceptors (Lipinski definition) is 4. The summed E-state index contributed by atoms with van der Waals surface area (Å²) >= 11 is 0. The van der Waals surface area contributed by atoms with Crippen molar-refractivity contribution in [2.24, 2.45) is 4.99 Å². The summed E-state index contributed by atoms with van der Waals surface area (Å²) in [5.41, 5.74) is -4.27. The van der Waals surface area contributed by atoms with Gasteiger partial charge in [-0.25, -0.2) is 8.42 Å². The third-order valence-electron chi connectivity index (χ3n) is 4.48. The first-order chi connectivity index (χ1) is 13.7. The van der Waals surface area contributed by atoms with Crippen LogP contribution >= 0.6 is 24.0 Å². The largest absolute Gasteiger partial charge is 0.511 e. The molecule has 7 nitrogen and oxygen atoms in total. The van der Waals surface area contributed by atoms with E-state index in [4.69, 9.17) is 4.74 Å². The number of hydrogen-bond donors (Lipinski definition) is 2. The third kappa shape index (κ3) is 7.45. The van der Waals surface area contributed by atoms with Crippen molar-refractivity contribution in [3.8, 4) is 5.75 Å². The normalized spacial score (nSPS) is 16.6. The van der Waals surface area contributed by atoms with Crippen molar-refractivity contribution in [2.45, 2.75) is 44.3 Å². The lowest BCUT2D eigenvalue weighted by Gasteiger charge is -2.32. The minimum Gasteiger partial charge on any atom is -0.494 e. The number of aliphatic imine (C=N–C) groups is 1. The maximum absolute atomic E-state index is 12.7. The quantitative estimate of drug-likeness (QED) is 0.302. The van der Waals surface area contributed by atoms with E-state index in [0.717, 1.165) is 17.7 Å². The first kappa shape index (κ1) is 26.8. The van der Waals surface area contributed by atoms with Gasteiger partial charge in [0.2, 0.25) is 0 Å². The van der Waals surface area contributed by atoms with Crippen molar-refractivity contribution in [1.29, 1.82) is 0 Å². The number of guanidine groups is 1. The Kier molecular flexibility index (Phi) is 10.6. The smallest absolute Gasteiger partial charge is 0.494 e. The topological polar surface area (TPSA) is 83.0 Å². The summed E-state index contributed by atoms with van der Waals surface area (Å²) < 4.78 is 67.0. The number of alkyl halides is 3. The van der Waals surface area contributed by atoms with Crippen LogP contribution in [0.15, 0.2) is 29.3 Å². The molecule has 30 heavy (non-hydrogen) atoms. The van der Waals surface area contributed by atoms with Crippen molar-refractivity contribution >= 4 is 40.0 Å². The van der Waals surface area contributed by atoms with Gasteiger partial charge in [-0.2, -0.15) is 17.5 Å². The highest BCUT2D eigenvalue weighted by atomic mass is 127. The SMILES string of the molecule is CCCOc1cccc(CNC(=NC)NC2CCN(S(=O)(=O)C(F)(F)F)CC2)c1.I. The number of halogens is 4. The molecule has 1 fully saturated rings. The van der Waals surface area contributed by atoms with Crippen LogP contribution in [0.4, 0.5) is 13.2 Å². The minimum atomic E-state index is -5.27. The zero-order valence-electron chi connectivity index (χ0n) is 16.9. The number of benzene rings is 1. The van der Waals surface area contributed by atoms with E-state index in [1.54, 1.807) is 7.05 Å². The van der Waals surface area contributed by atoms with Crippen LogP contribution in [0.3, 0.4) is 0 Å². The minimum absolute atomic E-state index is 0. The molecule has 0 amide bonds. The summed E-state index contributed by atoms with van der Waals surface area (Å²) in [6.45, 7) is 2.79. The Hall–Kier alpha value is -1.28. The lowest BCUT2D eigenvalue weighted by atomic mass is 10.1. The zero-order valence-corrected chi connectivity index (χ0v) is 20.1. The zero-order chi connectivity index (χ0) is 21.5. The molecule has 1 aromatic rings. The van der Waals surface area contributed by atoms with Crippen molar-refractivity contribution in [3.63, 3.8) is 0 Å². The van der Waals surface area contributed by atoms with E-state index < -0.39 is 15.5 Å². The van der Waals surface area contributed by atoms with Gasteiger partial charge in [-0.05, 0) is 37.0 Å². The van der Waals surface area contributed by atoms with Gasteiger partial charge >= 0.3 is 15.5 Å². The Morgan fingerprint density at radius 2 is 1.97 bits per heavy atom. The molecule has 0 saturated carbocycles. The van der Waals surface area contributed by atoms with Gasteiger partial charge in [0, 0.05) is 32.7 Å². The van der Waals surface area contributed by atoms with Crippen LogP contribution in [0, 0.1) is 0 Å². The number of ether oxygens (including phenoxy) is 1. The molecule has 0 aromatic heterocycles. The van der Waals surface area contributed by atoms with Crippen molar-refractivity contribution in [1.82, 2.24) is 14.9 Å². The van der Waals surface area contributed by atoms with Crippen LogP contribution < -0.4 is 15.4 Å². The molecule has 172 valence electrons. The number of nitrogens with zero attached hydrogens (tertiary/aromatic N) is 2. The van der Waals surface area contributed by atoms with E-state index in [0.29, 0.717) is 23.4 Å². The Morgan fingerprint density at radius 3 is 2.53 bits per heavy atom. The molecule has 1 heterocycles. The van der Waals surface area contributed by atoms with Crippen LogP contribution in [0.25, 0.3) is 0 Å². The van der Waals surface area contributed by atoms with Crippen LogP contribution in [0.2, 0.25) is 0 Å². The molecule has 0 spiro atoms. The standard InChI is InChI=1S/C18H27F3N4O3S.HI/c1-3-11-28-16-6-4-5-14(12-16)13-23-17(22-2)24-15-7-9-25(10-8-15)29(26,27)18(19,20)21;/h4-6,12,15H,3,7-11,13H2,1-2H3,(H2,22,23,24);1H. The number of piperidine rings is 1. The molecular formula is C18H28F3IN4O3S. The molecule has 1 aliphatic heterocycles. The molecule has 0 unspecified atom stereocenters. The first-order valence-electron chi connectivity index (χ1n) is 9.42. The predicted molar refractivity (Wildman–Crippen MR) is 121 cm³/mol. The highest BCUT2D eigenvalue weighted by Crippen LogP contribution is 2.28. The van der Waals surface area contributed by atoms with E-state index >= 15 is 0 Å². The molecular weight excluding hydrogens is 536 g/mol. The second-order valence-corrected chi connectivity index (χ2v) is 8.62. The van der Waals surface area contributed by atoms with Crippen LogP contribution in [0.1, 0.15) is 31.7 Å². The molecule has 2 rings (SSSR count). The Labute approximate surface area is 192 Å². The van der Waals surface area contributed by atoms with Crippen LogP contribution in [0.5, 0.6) is 5.75 Å². The van der Waals surface area contributed by atoms with Crippen molar-refractivity contribution < 1.29 is 26.3 Å². The molecule has 1 aromatic carbocycles. The average Bonchev–Trinajstić information content (AvgIpc) is 2.69. The second kappa shape index (κ2) is 11.9. The highest BCUT2D eigenvalue weighted by Gasteiger charge is 2.50. The predicted octanol–water partition coefficient (Wildman–Crippen LogP) is 3.07. The lowest BCUT2D eigenvalue weighted by Crippen LogP contribution is -2.51. The second-order valence-electron chi connectivity index (χ2n) is 6.69. The van der Waals surface area contributed by atoms with Gasteiger partial charge in [-0.1, -0.05) is 19.1 Å². The van der Waals surface area contributed by atoms with Gasteiger partial charge in [-0.3, -0.25) is 4.99 Å². The van der Waals surface area contributed by atoms with E-state index in [9.17, 15) is 21.6 Å². The fourth-order valence-electron chi connectivity index (χ4n) is 2.93. The van der Waals surface area contributed by atoms with Crippen molar-refractivity contribution in [3.05, 3.63) is 29.8 Å². The number of nitrogens with one attached hydrogen (secondary N) is 2. The van der Waals surface area contributed by atoms with E-state index in [2.05, 4.69) is 15.6 Å². The molecule has 1 saturated heterocycles. The third-order valence-corrected chi connectivity index (χ3v) is 6.11. The molecule has 0 bridgehead atoms. The van der Waals surface area contributed by atoms with Gasteiger partial charge in [0.1, 0.15) is 5.75 Å². The summed E-state index contributed by atoms with van der Waals surface area (Å²) in [6, 6.07) is 7.49. The van der Waals surface area contributed by atoms with Gasteiger partial charge in [0.25, 0.3) is 0 Å². The monoisotopic (exact) mass is 564 g/mol. The van der Waals surface area contributed by atoms with Crippen LogP contribution in [-0.4, -0.2) is 57.0 Å². The van der Waals surface area contributed by atoms with Crippen LogP contribution in [-0.2, 0) is 16.6 Å². The molecule has 0 radical (unpaired) electrons. The highest BCUT2D eigenvalue weighted by molar-refractivity contribution is 14.0. The Balaban J connectivity index is 0.00000450. The van der Waals surface area contributed by atoms with Gasteiger partial charge < -0.3 is 15.4 Å². The number of rotatable bonds is 7. The summed E-state index contributed by atoms with van der Waals surface area (Å²) in [6.07, 6.45) is 1.44. The molecule has 12 heteroatoms. The Morgan fingerprint density at radius 1 is 1.30 bits per heavy atom. The van der Waals surface area contributed by atoms with Gasteiger partial charge in [0.15, 0.2) is 5.96 Å². The fourth-order valence-corrected chi connectivity index (χ4v) is 3.91. The molecule has 0 atom stereocenters. The van der Waals surface area contributed by atoms with E-state index in [1.807, 2.05) is 31.2 Å². The van der Waals surface area contributed by atoms with E-state index in [-0.39, 0.29) is 55.9 Å². The van der Waals surface area contributed by atoms with E-state index in [1.165, 1.54) is 0 Å². The van der Waals surface area contributed by atoms with Gasteiger partial charge in [0.05, 0.1) is 6.61 Å². The molecule has 0 aliphatic carbocycles. The van der Waals surface area contributed by atoms with Gasteiger partial charge in [-0.15, -0.1) is 24.0 Å². The summed E-state index contributed by atoms with van der Waals surface area (Å²) in [5.74, 6) is 1.29. The molecule has 1 aliphatic rings. The maximum Gasteiger partial charge on any atom is 0.511 e. The molecule has 2 N–H and O–H groups in total. The Bertz CT molecular complexity index is 798. The fraction of sp³-hybridized carbons (Fsp3) is 0.611. The maximum atomic E-state index is 12.7. The first-order valence-corrected chi connectivity index (χ1v) is 10.9.